The highest BCUT2D eigenvalue weighted by molar-refractivity contribution is 5.51. The molecule has 1 aromatic rings. The van der Waals surface area contributed by atoms with Crippen molar-refractivity contribution in [3.63, 3.8) is 0 Å². The molecule has 2 heterocycles. The van der Waals surface area contributed by atoms with Gasteiger partial charge < -0.3 is 15.7 Å². The molecule has 1 aromatic heterocycles. The Kier molecular flexibility index (Phi) is 4.71. The number of aliphatic hydroxyl groups is 1. The molecule has 5 heteroatoms. The van der Waals surface area contributed by atoms with Gasteiger partial charge in [0.05, 0.1) is 18.3 Å². The number of rotatable bonds is 3. The van der Waals surface area contributed by atoms with E-state index in [0.717, 1.165) is 48.4 Å². The second-order valence-corrected chi connectivity index (χ2v) is 5.30. The van der Waals surface area contributed by atoms with Gasteiger partial charge in [0.1, 0.15) is 0 Å². The molecule has 2 rings (SSSR count). The average molecular weight is 264 g/mol. The zero-order chi connectivity index (χ0) is 13.8. The summed E-state index contributed by atoms with van der Waals surface area (Å²) in [6.45, 7) is 5.55. The van der Waals surface area contributed by atoms with E-state index in [1.807, 2.05) is 13.8 Å². The molecule has 0 bridgehead atoms. The van der Waals surface area contributed by atoms with Crippen molar-refractivity contribution in [2.75, 3.05) is 18.1 Å². The number of anilines is 1. The Hall–Kier alpha value is -1.20. The minimum atomic E-state index is 0.143. The molecule has 106 valence electrons. The number of nitrogens with zero attached hydrogens (tertiary/aromatic N) is 3. The standard InChI is InChI=1S/C14H24N4O/c1-10-11(2)16-17-14(13(10)8-15)18-7-5-3-4-6-12(18)9-19/h12,19H,3-9,15H2,1-2H3. The summed E-state index contributed by atoms with van der Waals surface area (Å²) in [5.74, 6) is 0.867. The van der Waals surface area contributed by atoms with Crippen molar-refractivity contribution < 1.29 is 5.11 Å². The van der Waals surface area contributed by atoms with Crippen LogP contribution < -0.4 is 10.6 Å². The lowest BCUT2D eigenvalue weighted by Crippen LogP contribution is -2.39. The van der Waals surface area contributed by atoms with Gasteiger partial charge >= 0.3 is 0 Å². The number of aromatic nitrogens is 2. The molecule has 1 unspecified atom stereocenters. The van der Waals surface area contributed by atoms with Crippen molar-refractivity contribution in [3.8, 4) is 0 Å². The minimum absolute atomic E-state index is 0.143. The third-order valence-electron chi connectivity index (χ3n) is 4.12. The maximum Gasteiger partial charge on any atom is 0.156 e. The van der Waals surface area contributed by atoms with Crippen LogP contribution in [0.2, 0.25) is 0 Å². The minimum Gasteiger partial charge on any atom is -0.394 e. The Morgan fingerprint density at radius 1 is 1.26 bits per heavy atom. The largest absolute Gasteiger partial charge is 0.394 e. The van der Waals surface area contributed by atoms with Crippen molar-refractivity contribution in [3.05, 3.63) is 16.8 Å². The maximum absolute atomic E-state index is 9.61. The van der Waals surface area contributed by atoms with Gasteiger partial charge in [-0.15, -0.1) is 5.10 Å². The summed E-state index contributed by atoms with van der Waals surface area (Å²) in [6.07, 6.45) is 4.52. The predicted octanol–water partition coefficient (Wildman–Crippen LogP) is 1.29. The zero-order valence-corrected chi connectivity index (χ0v) is 11.9. The van der Waals surface area contributed by atoms with Crippen LogP contribution in [0, 0.1) is 13.8 Å². The number of aliphatic hydroxyl groups excluding tert-OH is 1. The molecule has 1 aliphatic rings. The van der Waals surface area contributed by atoms with Crippen LogP contribution in [0.15, 0.2) is 0 Å². The first-order chi connectivity index (χ1) is 9.19. The van der Waals surface area contributed by atoms with E-state index in [9.17, 15) is 5.11 Å². The number of hydrogen-bond acceptors (Lipinski definition) is 5. The van der Waals surface area contributed by atoms with E-state index in [2.05, 4.69) is 15.1 Å². The van der Waals surface area contributed by atoms with E-state index < -0.39 is 0 Å². The van der Waals surface area contributed by atoms with Crippen molar-refractivity contribution in [1.29, 1.82) is 0 Å². The first kappa shape index (κ1) is 14.2. The summed E-state index contributed by atoms with van der Waals surface area (Å²) in [5, 5.41) is 18.2. The van der Waals surface area contributed by atoms with E-state index in [-0.39, 0.29) is 12.6 Å². The van der Waals surface area contributed by atoms with Crippen LogP contribution in [-0.4, -0.2) is 34.5 Å². The molecule has 0 saturated carbocycles. The van der Waals surface area contributed by atoms with Crippen LogP contribution in [-0.2, 0) is 6.54 Å². The van der Waals surface area contributed by atoms with Crippen molar-refractivity contribution in [2.24, 2.45) is 5.73 Å². The topological polar surface area (TPSA) is 75.3 Å². The van der Waals surface area contributed by atoms with Crippen LogP contribution in [0.25, 0.3) is 0 Å². The van der Waals surface area contributed by atoms with Crippen LogP contribution in [0.5, 0.6) is 0 Å². The van der Waals surface area contributed by atoms with Crippen LogP contribution in [0.3, 0.4) is 0 Å². The molecule has 19 heavy (non-hydrogen) atoms. The Balaban J connectivity index is 2.40. The number of nitrogens with two attached hydrogens (primary N) is 1. The normalized spacial score (nSPS) is 20.4. The molecule has 1 aliphatic heterocycles. The highest BCUT2D eigenvalue weighted by Crippen LogP contribution is 2.27. The molecule has 0 aromatic carbocycles. The summed E-state index contributed by atoms with van der Waals surface area (Å²) in [4.78, 5) is 2.20. The molecule has 1 fully saturated rings. The number of aryl methyl sites for hydroxylation is 1. The molecule has 0 radical (unpaired) electrons. The summed E-state index contributed by atoms with van der Waals surface area (Å²) >= 11 is 0. The summed E-state index contributed by atoms with van der Waals surface area (Å²) in [5.41, 5.74) is 9.01. The fourth-order valence-electron chi connectivity index (χ4n) is 2.76. The van der Waals surface area contributed by atoms with Gasteiger partial charge in [0.2, 0.25) is 0 Å². The van der Waals surface area contributed by atoms with E-state index in [0.29, 0.717) is 6.54 Å². The van der Waals surface area contributed by atoms with Gasteiger partial charge in [0.25, 0.3) is 0 Å². The zero-order valence-electron chi connectivity index (χ0n) is 11.9. The lowest BCUT2D eigenvalue weighted by Gasteiger charge is -2.31. The van der Waals surface area contributed by atoms with Gasteiger partial charge in [-0.3, -0.25) is 0 Å². The van der Waals surface area contributed by atoms with E-state index >= 15 is 0 Å². The third kappa shape index (κ3) is 2.87. The first-order valence-corrected chi connectivity index (χ1v) is 7.09. The predicted molar refractivity (Wildman–Crippen MR) is 76.1 cm³/mol. The van der Waals surface area contributed by atoms with Gasteiger partial charge in [-0.2, -0.15) is 5.10 Å². The lowest BCUT2D eigenvalue weighted by atomic mass is 10.1. The second-order valence-electron chi connectivity index (χ2n) is 5.30. The third-order valence-corrected chi connectivity index (χ3v) is 4.12. The summed E-state index contributed by atoms with van der Waals surface area (Å²) < 4.78 is 0. The fraction of sp³-hybridized carbons (Fsp3) is 0.714. The average Bonchev–Trinajstić information content (AvgIpc) is 2.66. The van der Waals surface area contributed by atoms with Crippen LogP contribution in [0.4, 0.5) is 5.82 Å². The highest BCUT2D eigenvalue weighted by Gasteiger charge is 2.24. The smallest absolute Gasteiger partial charge is 0.156 e. The van der Waals surface area contributed by atoms with Gasteiger partial charge in [0, 0.05) is 18.7 Å². The summed E-state index contributed by atoms with van der Waals surface area (Å²) in [6, 6.07) is 0.143. The molecule has 0 aliphatic carbocycles. The van der Waals surface area contributed by atoms with Crippen LogP contribution in [0.1, 0.15) is 42.5 Å². The lowest BCUT2D eigenvalue weighted by molar-refractivity contribution is 0.254. The summed E-state index contributed by atoms with van der Waals surface area (Å²) in [7, 11) is 0. The quantitative estimate of drug-likeness (QED) is 0.860. The Labute approximate surface area is 114 Å². The molecule has 1 atom stereocenters. The molecule has 5 nitrogen and oxygen atoms in total. The Morgan fingerprint density at radius 3 is 2.74 bits per heavy atom. The van der Waals surface area contributed by atoms with Gasteiger partial charge in [0.15, 0.2) is 5.82 Å². The van der Waals surface area contributed by atoms with Gasteiger partial charge in [-0.1, -0.05) is 12.8 Å². The van der Waals surface area contributed by atoms with Crippen molar-refractivity contribution >= 4 is 5.82 Å². The molecular formula is C14H24N4O. The molecule has 1 saturated heterocycles. The Bertz CT molecular complexity index is 436. The van der Waals surface area contributed by atoms with E-state index in [1.165, 1.54) is 6.42 Å². The second kappa shape index (κ2) is 6.30. The van der Waals surface area contributed by atoms with E-state index in [1.54, 1.807) is 0 Å². The van der Waals surface area contributed by atoms with Gasteiger partial charge in [-0.25, -0.2) is 0 Å². The fourth-order valence-corrected chi connectivity index (χ4v) is 2.76. The SMILES string of the molecule is Cc1nnc(N2CCCCCC2CO)c(CN)c1C. The van der Waals surface area contributed by atoms with Crippen molar-refractivity contribution in [2.45, 2.75) is 52.1 Å². The van der Waals surface area contributed by atoms with Gasteiger partial charge in [-0.05, 0) is 32.3 Å². The highest BCUT2D eigenvalue weighted by atomic mass is 16.3. The number of hydrogen-bond donors (Lipinski definition) is 2. The molecule has 0 spiro atoms. The Morgan fingerprint density at radius 2 is 2.05 bits per heavy atom. The van der Waals surface area contributed by atoms with Crippen molar-refractivity contribution in [1.82, 2.24) is 10.2 Å². The maximum atomic E-state index is 9.61. The van der Waals surface area contributed by atoms with E-state index in [4.69, 9.17) is 5.73 Å². The molecular weight excluding hydrogens is 240 g/mol. The molecule has 0 amide bonds. The monoisotopic (exact) mass is 264 g/mol. The first-order valence-electron chi connectivity index (χ1n) is 7.09. The molecule has 3 N–H and O–H groups in total. The van der Waals surface area contributed by atoms with Crippen LogP contribution >= 0.6 is 0 Å².